The predicted octanol–water partition coefficient (Wildman–Crippen LogP) is 5.50. The highest BCUT2D eigenvalue weighted by Gasteiger charge is 2.13. The fourth-order valence-corrected chi connectivity index (χ4v) is 4.16. The molecule has 0 amide bonds. The topological polar surface area (TPSA) is 0 Å². The van der Waals surface area contributed by atoms with E-state index in [0.29, 0.717) is 0 Å². The zero-order valence-electron chi connectivity index (χ0n) is 14.5. The second-order valence-corrected chi connectivity index (χ2v) is 11.0. The third-order valence-corrected chi connectivity index (χ3v) is 5.68. The summed E-state index contributed by atoms with van der Waals surface area (Å²) < 4.78 is 0.270. The van der Waals surface area contributed by atoms with Crippen LogP contribution in [-0.2, 0) is 5.41 Å². The smallest absolute Gasteiger partial charge is 0.0122 e. The van der Waals surface area contributed by atoms with Crippen molar-refractivity contribution >= 4 is 31.0 Å². The first-order chi connectivity index (χ1) is 10.1. The van der Waals surface area contributed by atoms with Gasteiger partial charge < -0.3 is 0 Å². The van der Waals surface area contributed by atoms with Crippen molar-refractivity contribution in [3.63, 3.8) is 0 Å². The Hall–Kier alpha value is -0.780. The maximum Gasteiger partial charge on any atom is 0.0122 e. The van der Waals surface area contributed by atoms with E-state index in [0.717, 1.165) is 8.58 Å². The normalized spacial score (nSPS) is 13.0. The van der Waals surface area contributed by atoms with Crippen LogP contribution in [0.1, 0.15) is 47.1 Å². The van der Waals surface area contributed by atoms with Gasteiger partial charge in [0.2, 0.25) is 0 Å². The Balaban J connectivity index is 2.05. The van der Waals surface area contributed by atoms with Gasteiger partial charge >= 0.3 is 0 Å². The Bertz CT molecular complexity index is 598. The second kappa shape index (κ2) is 6.77. The van der Waals surface area contributed by atoms with Crippen molar-refractivity contribution in [3.8, 4) is 0 Å². The van der Waals surface area contributed by atoms with Gasteiger partial charge in [-0.1, -0.05) is 86.5 Å². The summed E-state index contributed by atoms with van der Waals surface area (Å²) in [4.78, 5) is 1.35. The van der Waals surface area contributed by atoms with Gasteiger partial charge in [-0.3, -0.25) is 0 Å². The molecule has 0 bridgehead atoms. The van der Waals surface area contributed by atoms with Crippen molar-refractivity contribution in [1.29, 1.82) is 0 Å². The largest absolute Gasteiger partial charge is 0.120 e. The van der Waals surface area contributed by atoms with Gasteiger partial charge in [-0.2, -0.15) is 0 Å². The zero-order valence-corrected chi connectivity index (χ0v) is 16.3. The van der Waals surface area contributed by atoms with Gasteiger partial charge in [0.1, 0.15) is 0 Å². The first-order valence-electron chi connectivity index (χ1n) is 7.80. The predicted molar refractivity (Wildman–Crippen MR) is 105 cm³/mol. The van der Waals surface area contributed by atoms with Gasteiger partial charge in [-0.15, -0.1) is 11.8 Å². The summed E-state index contributed by atoms with van der Waals surface area (Å²) in [6, 6.07) is 18.1. The monoisotopic (exact) mass is 330 g/mol. The molecule has 0 N–H and O–H groups in total. The van der Waals surface area contributed by atoms with Gasteiger partial charge in [-0.25, -0.2) is 0 Å². The van der Waals surface area contributed by atoms with E-state index in [1.165, 1.54) is 21.1 Å². The van der Waals surface area contributed by atoms with Gasteiger partial charge in [0.15, 0.2) is 0 Å². The van der Waals surface area contributed by atoms with Crippen molar-refractivity contribution in [2.24, 2.45) is 0 Å². The molecule has 0 aliphatic rings. The molecule has 1 unspecified atom stereocenters. The highest BCUT2D eigenvalue weighted by atomic mass is 32.2. The third-order valence-electron chi connectivity index (χ3n) is 3.32. The van der Waals surface area contributed by atoms with Crippen molar-refractivity contribution in [3.05, 3.63) is 54.1 Å². The van der Waals surface area contributed by atoms with Gasteiger partial charge in [0.05, 0.1) is 0 Å². The van der Waals surface area contributed by atoms with Crippen molar-refractivity contribution < 1.29 is 0 Å². The number of rotatable bonds is 3. The maximum absolute atomic E-state index is 2.27. The van der Waals surface area contributed by atoms with E-state index >= 15 is 0 Å². The molecule has 0 aromatic heterocycles. The summed E-state index contributed by atoms with van der Waals surface area (Å²) in [5, 5.41) is 2.81. The van der Waals surface area contributed by atoms with E-state index in [4.69, 9.17) is 0 Å². The molecule has 0 nitrogen and oxygen atoms in total. The number of thioether (sulfide) groups is 1. The molecule has 0 heterocycles. The standard InChI is InChI=1S/C20H27PS/c1-19(2,3)15-7-9-16(10-8-15)21-17-11-13-18(14-12-17)22-20(4,5)6/h7-14,21H,1-6H3. The van der Waals surface area contributed by atoms with E-state index in [1.807, 2.05) is 11.8 Å². The van der Waals surface area contributed by atoms with Gasteiger partial charge in [0, 0.05) is 9.64 Å². The molecular weight excluding hydrogens is 303 g/mol. The van der Waals surface area contributed by atoms with Crippen molar-refractivity contribution in [2.75, 3.05) is 0 Å². The molecule has 0 radical (unpaired) electrons. The molecule has 2 rings (SSSR count). The van der Waals surface area contributed by atoms with Crippen LogP contribution in [0.3, 0.4) is 0 Å². The molecule has 2 aromatic rings. The molecule has 0 fully saturated rings. The Morgan fingerprint density at radius 3 is 1.55 bits per heavy atom. The average molecular weight is 330 g/mol. The summed E-state index contributed by atoms with van der Waals surface area (Å²) in [7, 11) is 0.732. The molecule has 0 saturated carbocycles. The SMILES string of the molecule is CC(C)(C)Sc1ccc(Pc2ccc(C(C)(C)C)cc2)cc1. The van der Waals surface area contributed by atoms with Crippen LogP contribution in [0, 0.1) is 0 Å². The van der Waals surface area contributed by atoms with E-state index in [1.54, 1.807) is 0 Å². The van der Waals surface area contributed by atoms with Crippen LogP contribution in [0.5, 0.6) is 0 Å². The Morgan fingerprint density at radius 2 is 1.14 bits per heavy atom. The molecule has 0 saturated heterocycles. The fraction of sp³-hybridized carbons (Fsp3) is 0.400. The van der Waals surface area contributed by atoms with Crippen LogP contribution in [0.2, 0.25) is 0 Å². The molecule has 0 aliphatic carbocycles. The summed E-state index contributed by atoms with van der Waals surface area (Å²) in [6.45, 7) is 13.5. The third kappa shape index (κ3) is 5.45. The fourth-order valence-electron chi connectivity index (χ4n) is 2.18. The number of hydrogen-bond acceptors (Lipinski definition) is 1. The lowest BCUT2D eigenvalue weighted by molar-refractivity contribution is 0.590. The van der Waals surface area contributed by atoms with E-state index in [-0.39, 0.29) is 10.2 Å². The van der Waals surface area contributed by atoms with Crippen molar-refractivity contribution in [2.45, 2.75) is 56.6 Å². The molecule has 0 aliphatic heterocycles. The minimum Gasteiger partial charge on any atom is -0.120 e. The van der Waals surface area contributed by atoms with Crippen LogP contribution in [0.25, 0.3) is 0 Å². The highest BCUT2D eigenvalue weighted by molar-refractivity contribution is 8.00. The van der Waals surface area contributed by atoms with E-state index in [2.05, 4.69) is 90.1 Å². The lowest BCUT2D eigenvalue weighted by atomic mass is 9.87. The summed E-state index contributed by atoms with van der Waals surface area (Å²) >= 11 is 1.92. The molecule has 2 aromatic carbocycles. The molecule has 1 atom stereocenters. The Labute approximate surface area is 141 Å². The first-order valence-corrected chi connectivity index (χ1v) is 9.62. The molecule has 118 valence electrons. The van der Waals surface area contributed by atoms with Crippen LogP contribution in [-0.4, -0.2) is 4.75 Å². The molecule has 22 heavy (non-hydrogen) atoms. The maximum atomic E-state index is 2.27. The molecule has 2 heteroatoms. The minimum atomic E-state index is 0.230. The first kappa shape index (κ1) is 17.6. The van der Waals surface area contributed by atoms with Crippen LogP contribution >= 0.6 is 20.3 Å². The summed E-state index contributed by atoms with van der Waals surface area (Å²) in [6.07, 6.45) is 0. The van der Waals surface area contributed by atoms with Crippen LogP contribution in [0.15, 0.2) is 53.4 Å². The lowest BCUT2D eigenvalue weighted by Crippen LogP contribution is -2.12. The van der Waals surface area contributed by atoms with Crippen LogP contribution < -0.4 is 10.6 Å². The molecular formula is C20H27PS. The summed E-state index contributed by atoms with van der Waals surface area (Å²) in [5.41, 5.74) is 1.63. The van der Waals surface area contributed by atoms with Crippen LogP contribution in [0.4, 0.5) is 0 Å². The number of hydrogen-bond donors (Lipinski definition) is 0. The second-order valence-electron chi connectivity index (χ2n) is 7.69. The van der Waals surface area contributed by atoms with Crippen molar-refractivity contribution in [1.82, 2.24) is 0 Å². The van der Waals surface area contributed by atoms with Gasteiger partial charge in [-0.05, 0) is 33.7 Å². The van der Waals surface area contributed by atoms with E-state index < -0.39 is 0 Å². The minimum absolute atomic E-state index is 0.230. The highest BCUT2D eigenvalue weighted by Crippen LogP contribution is 2.31. The quantitative estimate of drug-likeness (QED) is 0.528. The average Bonchev–Trinajstić information content (AvgIpc) is 2.39. The Morgan fingerprint density at radius 1 is 0.682 bits per heavy atom. The zero-order chi connectivity index (χ0) is 16.4. The lowest BCUT2D eigenvalue weighted by Gasteiger charge is -2.19. The Kier molecular flexibility index (Phi) is 5.41. The molecule has 0 spiro atoms. The van der Waals surface area contributed by atoms with Gasteiger partial charge in [0.25, 0.3) is 0 Å². The summed E-state index contributed by atoms with van der Waals surface area (Å²) in [5.74, 6) is 0. The van der Waals surface area contributed by atoms with E-state index in [9.17, 15) is 0 Å². The number of benzene rings is 2.